The van der Waals surface area contributed by atoms with Gasteiger partial charge in [-0.1, -0.05) is 60.7 Å². The van der Waals surface area contributed by atoms with Crippen molar-refractivity contribution in [1.29, 1.82) is 0 Å². The Morgan fingerprint density at radius 2 is 1.40 bits per heavy atom. The molecule has 0 aliphatic heterocycles. The average molecular weight is 288 g/mol. The van der Waals surface area contributed by atoms with Gasteiger partial charge in [0.1, 0.15) is 0 Å². The molecule has 2 aromatic carbocycles. The van der Waals surface area contributed by atoms with Gasteiger partial charge in [-0.15, -0.1) is 0 Å². The zero-order valence-electron chi connectivity index (χ0n) is 11.5. The molecule has 0 aromatic heterocycles. The van der Waals surface area contributed by atoms with Gasteiger partial charge in [-0.2, -0.15) is 0 Å². The molecule has 0 N–H and O–H groups in total. The van der Waals surface area contributed by atoms with Crippen LogP contribution in [0.2, 0.25) is 0 Å². The van der Waals surface area contributed by atoms with Crippen LogP contribution in [-0.4, -0.2) is 14.2 Å². The molecule has 104 valence electrons. The molecule has 0 atom stereocenters. The van der Waals surface area contributed by atoms with E-state index in [4.69, 9.17) is 9.05 Å². The molecule has 0 heterocycles. The van der Waals surface area contributed by atoms with E-state index in [1.54, 1.807) is 0 Å². The molecule has 0 aliphatic carbocycles. The lowest BCUT2D eigenvalue weighted by Crippen LogP contribution is -1.93. The van der Waals surface area contributed by atoms with E-state index in [1.165, 1.54) is 14.2 Å². The van der Waals surface area contributed by atoms with E-state index in [9.17, 15) is 4.57 Å². The summed E-state index contributed by atoms with van der Waals surface area (Å²) in [6, 6.07) is 19.2. The van der Waals surface area contributed by atoms with Gasteiger partial charge in [-0.3, -0.25) is 4.57 Å². The highest BCUT2D eigenvalue weighted by molar-refractivity contribution is 7.65. The van der Waals surface area contributed by atoms with Crippen molar-refractivity contribution < 1.29 is 13.6 Å². The van der Waals surface area contributed by atoms with Crippen LogP contribution in [-0.2, 0) is 13.6 Å². The molecule has 0 unspecified atom stereocenters. The van der Waals surface area contributed by atoms with Gasteiger partial charge < -0.3 is 9.05 Å². The van der Waals surface area contributed by atoms with Crippen LogP contribution in [0.3, 0.4) is 0 Å². The highest BCUT2D eigenvalue weighted by Crippen LogP contribution is 2.59. The highest BCUT2D eigenvalue weighted by Gasteiger charge is 2.28. The fraction of sp³-hybridized carbons (Fsp3) is 0.125. The first-order chi connectivity index (χ1) is 9.69. The van der Waals surface area contributed by atoms with E-state index in [0.29, 0.717) is 5.31 Å². The summed E-state index contributed by atoms with van der Waals surface area (Å²) in [6.45, 7) is 0. The standard InChI is InChI=1S/C16H17O3P/c1-18-20(17,19-2)16(15-11-7-4-8-12-15)13-14-9-5-3-6-10-14/h3-13H,1-2H3. The molecule has 4 heteroatoms. The summed E-state index contributed by atoms with van der Waals surface area (Å²) in [5, 5.41) is 0.550. The maximum atomic E-state index is 12.7. The van der Waals surface area contributed by atoms with Crippen LogP contribution >= 0.6 is 7.60 Å². The van der Waals surface area contributed by atoms with Gasteiger partial charge in [0.2, 0.25) is 0 Å². The summed E-state index contributed by atoms with van der Waals surface area (Å²) in [5.74, 6) is 0. The van der Waals surface area contributed by atoms with Crippen molar-refractivity contribution in [3.63, 3.8) is 0 Å². The van der Waals surface area contributed by atoms with Crippen LogP contribution in [0.5, 0.6) is 0 Å². The third-order valence-electron chi connectivity index (χ3n) is 2.95. The first kappa shape index (κ1) is 14.7. The van der Waals surface area contributed by atoms with Crippen molar-refractivity contribution in [1.82, 2.24) is 0 Å². The Bertz CT molecular complexity index is 613. The summed E-state index contributed by atoms with van der Waals surface area (Å²) in [5.41, 5.74) is 1.77. The van der Waals surface area contributed by atoms with Gasteiger partial charge >= 0.3 is 7.60 Å². The van der Waals surface area contributed by atoms with Crippen molar-refractivity contribution in [3.05, 3.63) is 71.8 Å². The fourth-order valence-electron chi connectivity index (χ4n) is 1.91. The SMILES string of the molecule is COP(=O)(OC)C(=Cc1ccccc1)c1ccccc1. The minimum atomic E-state index is -3.32. The van der Waals surface area contributed by atoms with Gasteiger partial charge in [0.05, 0.1) is 5.31 Å². The van der Waals surface area contributed by atoms with Gasteiger partial charge in [0.15, 0.2) is 0 Å². The third kappa shape index (κ3) is 3.26. The summed E-state index contributed by atoms with van der Waals surface area (Å²) < 4.78 is 23.0. The molecular weight excluding hydrogens is 271 g/mol. The van der Waals surface area contributed by atoms with E-state index in [0.717, 1.165) is 11.1 Å². The van der Waals surface area contributed by atoms with E-state index in [1.807, 2.05) is 66.7 Å². The summed E-state index contributed by atoms with van der Waals surface area (Å²) in [4.78, 5) is 0. The van der Waals surface area contributed by atoms with Crippen LogP contribution < -0.4 is 0 Å². The largest absolute Gasteiger partial charge is 0.361 e. The molecule has 20 heavy (non-hydrogen) atoms. The maximum absolute atomic E-state index is 12.7. The number of benzene rings is 2. The molecular formula is C16H17O3P. The molecule has 0 spiro atoms. The summed E-state index contributed by atoms with van der Waals surface area (Å²) in [7, 11) is -0.528. The van der Waals surface area contributed by atoms with E-state index in [2.05, 4.69) is 0 Å². The molecule has 0 saturated heterocycles. The summed E-state index contributed by atoms with van der Waals surface area (Å²) >= 11 is 0. The Kier molecular flexibility index (Phi) is 4.91. The van der Waals surface area contributed by atoms with Crippen LogP contribution in [0.15, 0.2) is 60.7 Å². The Labute approximate surface area is 119 Å². The highest BCUT2D eigenvalue weighted by atomic mass is 31.2. The zero-order chi connectivity index (χ0) is 14.4. The number of hydrogen-bond donors (Lipinski definition) is 0. The van der Waals surface area contributed by atoms with E-state index < -0.39 is 7.60 Å². The van der Waals surface area contributed by atoms with Crippen molar-refractivity contribution in [2.24, 2.45) is 0 Å². The lowest BCUT2D eigenvalue weighted by atomic mass is 10.1. The van der Waals surface area contributed by atoms with E-state index >= 15 is 0 Å². The van der Waals surface area contributed by atoms with Crippen LogP contribution in [0, 0.1) is 0 Å². The maximum Gasteiger partial charge on any atom is 0.361 e. The second kappa shape index (κ2) is 6.67. The summed E-state index contributed by atoms with van der Waals surface area (Å²) in [6.07, 6.45) is 1.84. The third-order valence-corrected chi connectivity index (χ3v) is 4.89. The van der Waals surface area contributed by atoms with Crippen molar-refractivity contribution >= 4 is 19.0 Å². The number of hydrogen-bond acceptors (Lipinski definition) is 3. The lowest BCUT2D eigenvalue weighted by molar-refractivity contribution is 0.288. The molecule has 2 aromatic rings. The van der Waals surface area contributed by atoms with Crippen LogP contribution in [0.25, 0.3) is 11.4 Å². The van der Waals surface area contributed by atoms with Crippen LogP contribution in [0.4, 0.5) is 0 Å². The topological polar surface area (TPSA) is 35.5 Å². The second-order valence-electron chi connectivity index (χ2n) is 4.17. The molecule has 3 nitrogen and oxygen atoms in total. The average Bonchev–Trinajstić information content (AvgIpc) is 2.54. The molecule has 0 fully saturated rings. The zero-order valence-corrected chi connectivity index (χ0v) is 12.4. The smallest absolute Gasteiger partial charge is 0.309 e. The van der Waals surface area contributed by atoms with E-state index in [-0.39, 0.29) is 0 Å². The quantitative estimate of drug-likeness (QED) is 0.592. The first-order valence-electron chi connectivity index (χ1n) is 6.24. The Morgan fingerprint density at radius 1 is 0.900 bits per heavy atom. The molecule has 0 bridgehead atoms. The predicted molar refractivity (Wildman–Crippen MR) is 82.4 cm³/mol. The Balaban J connectivity index is 2.56. The van der Waals surface area contributed by atoms with Crippen LogP contribution in [0.1, 0.15) is 11.1 Å². The Morgan fingerprint density at radius 3 is 1.90 bits per heavy atom. The van der Waals surface area contributed by atoms with Crippen molar-refractivity contribution in [2.45, 2.75) is 0 Å². The van der Waals surface area contributed by atoms with Gasteiger partial charge in [-0.25, -0.2) is 0 Å². The monoisotopic (exact) mass is 288 g/mol. The van der Waals surface area contributed by atoms with Crippen molar-refractivity contribution in [3.8, 4) is 0 Å². The normalized spacial score (nSPS) is 12.4. The number of rotatable bonds is 5. The van der Waals surface area contributed by atoms with Crippen molar-refractivity contribution in [2.75, 3.05) is 14.2 Å². The predicted octanol–water partition coefficient (Wildman–Crippen LogP) is 4.67. The lowest BCUT2D eigenvalue weighted by Gasteiger charge is -2.17. The van der Waals surface area contributed by atoms with Gasteiger partial charge in [0.25, 0.3) is 0 Å². The molecule has 0 saturated carbocycles. The minimum Gasteiger partial charge on any atom is -0.309 e. The first-order valence-corrected chi connectivity index (χ1v) is 7.78. The van der Waals surface area contributed by atoms with Gasteiger partial charge in [-0.05, 0) is 17.2 Å². The Hall–Kier alpha value is -1.67. The fourth-order valence-corrected chi connectivity index (χ4v) is 3.22. The van der Waals surface area contributed by atoms with Gasteiger partial charge in [0, 0.05) is 14.2 Å². The second-order valence-corrected chi connectivity index (χ2v) is 6.38. The molecule has 0 amide bonds. The molecule has 0 aliphatic rings. The minimum absolute atomic E-state index is 0.550. The molecule has 2 rings (SSSR count). The molecule has 0 radical (unpaired) electrons.